The molecule has 2 aliphatic rings. The molecule has 0 radical (unpaired) electrons. The maximum absolute atomic E-state index is 12.7. The van der Waals surface area contributed by atoms with Gasteiger partial charge in [0.2, 0.25) is 6.79 Å². The number of guanidine groups is 1. The van der Waals surface area contributed by atoms with E-state index in [1.54, 1.807) is 13.1 Å². The largest absolute Gasteiger partial charge is 0.454 e. The lowest BCUT2D eigenvalue weighted by Crippen LogP contribution is -2.41. The van der Waals surface area contributed by atoms with Crippen molar-refractivity contribution in [3.8, 4) is 17.2 Å². The molecule has 158 valence electrons. The minimum absolute atomic E-state index is 0. The lowest BCUT2D eigenvalue weighted by molar-refractivity contribution is -0.0505. The number of hydrogen-bond donors (Lipinski definition) is 2. The predicted molar refractivity (Wildman–Crippen MR) is 113 cm³/mol. The molecule has 1 aliphatic carbocycles. The molecule has 0 amide bonds. The van der Waals surface area contributed by atoms with Crippen LogP contribution in [0, 0.1) is 0 Å². The first-order chi connectivity index (χ1) is 13.1. The summed E-state index contributed by atoms with van der Waals surface area (Å²) in [6.07, 6.45) is 2.55. The van der Waals surface area contributed by atoms with Gasteiger partial charge in [-0.1, -0.05) is 6.92 Å². The van der Waals surface area contributed by atoms with E-state index in [0.29, 0.717) is 23.0 Å². The third-order valence-corrected chi connectivity index (χ3v) is 4.60. The molecule has 0 saturated heterocycles. The highest BCUT2D eigenvalue weighted by molar-refractivity contribution is 14.0. The third kappa shape index (κ3) is 6.23. The summed E-state index contributed by atoms with van der Waals surface area (Å²) >= 11 is 0. The second kappa shape index (κ2) is 10.8. The van der Waals surface area contributed by atoms with Crippen LogP contribution in [0.1, 0.15) is 25.3 Å². The van der Waals surface area contributed by atoms with Gasteiger partial charge in [-0.05, 0) is 25.5 Å². The van der Waals surface area contributed by atoms with Gasteiger partial charge in [0, 0.05) is 44.4 Å². The molecule has 10 heteroatoms. The molecule has 1 aromatic rings. The predicted octanol–water partition coefficient (Wildman–Crippen LogP) is 2.78. The van der Waals surface area contributed by atoms with Gasteiger partial charge in [0.15, 0.2) is 17.5 Å². The maximum atomic E-state index is 12.7. The van der Waals surface area contributed by atoms with Crippen LogP contribution in [0.25, 0.3) is 0 Å². The molecule has 3 rings (SSSR count). The molecule has 1 saturated carbocycles. The zero-order valence-electron chi connectivity index (χ0n) is 16.0. The van der Waals surface area contributed by atoms with Gasteiger partial charge in [-0.25, -0.2) is 0 Å². The SMILES string of the molecule is CCN(CCNC(=NC)NCc1cc2c(cc1OC(F)F)OCO2)C1CC1.I. The number of likely N-dealkylation sites (N-methyl/N-ethyl adjacent to an activating group) is 1. The minimum Gasteiger partial charge on any atom is -0.454 e. The van der Waals surface area contributed by atoms with Crippen molar-refractivity contribution in [1.82, 2.24) is 15.5 Å². The summed E-state index contributed by atoms with van der Waals surface area (Å²) < 4.78 is 40.6. The topological polar surface area (TPSA) is 67.4 Å². The summed E-state index contributed by atoms with van der Waals surface area (Å²) in [5.74, 6) is 1.57. The molecule has 1 aliphatic heterocycles. The molecular weight excluding hydrogens is 485 g/mol. The first-order valence-electron chi connectivity index (χ1n) is 9.16. The number of fused-ring (bicyclic) bond motifs is 1. The van der Waals surface area contributed by atoms with E-state index in [-0.39, 0.29) is 43.1 Å². The number of halogens is 3. The van der Waals surface area contributed by atoms with Gasteiger partial charge in [-0.3, -0.25) is 9.89 Å². The number of nitrogens with zero attached hydrogens (tertiary/aromatic N) is 2. The van der Waals surface area contributed by atoms with Crippen molar-refractivity contribution in [2.45, 2.75) is 39.0 Å². The fourth-order valence-corrected chi connectivity index (χ4v) is 3.07. The first kappa shape index (κ1) is 22.7. The zero-order chi connectivity index (χ0) is 19.2. The first-order valence-corrected chi connectivity index (χ1v) is 9.16. The Bertz CT molecular complexity index is 674. The van der Waals surface area contributed by atoms with Crippen LogP contribution < -0.4 is 24.8 Å². The minimum atomic E-state index is -2.91. The van der Waals surface area contributed by atoms with E-state index in [2.05, 4.69) is 32.2 Å². The lowest BCUT2D eigenvalue weighted by atomic mass is 10.1. The Morgan fingerprint density at radius 2 is 2.00 bits per heavy atom. The average molecular weight is 512 g/mol. The van der Waals surface area contributed by atoms with Crippen molar-refractivity contribution in [2.24, 2.45) is 4.99 Å². The van der Waals surface area contributed by atoms with Crippen LogP contribution >= 0.6 is 24.0 Å². The summed E-state index contributed by atoms with van der Waals surface area (Å²) in [6, 6.07) is 3.79. The summed E-state index contributed by atoms with van der Waals surface area (Å²) in [5, 5.41) is 6.38. The highest BCUT2D eigenvalue weighted by Crippen LogP contribution is 2.38. The second-order valence-electron chi connectivity index (χ2n) is 6.40. The fraction of sp³-hybridized carbons (Fsp3) is 0.611. The van der Waals surface area contributed by atoms with Crippen molar-refractivity contribution in [3.05, 3.63) is 17.7 Å². The average Bonchev–Trinajstić information content (AvgIpc) is 3.39. The van der Waals surface area contributed by atoms with Crippen LogP contribution in [0.3, 0.4) is 0 Å². The summed E-state index contributed by atoms with van der Waals surface area (Å²) in [5.41, 5.74) is 0.538. The van der Waals surface area contributed by atoms with Crippen LogP contribution in [0.5, 0.6) is 17.2 Å². The van der Waals surface area contributed by atoms with Gasteiger partial charge in [-0.15, -0.1) is 24.0 Å². The molecule has 7 nitrogen and oxygen atoms in total. The van der Waals surface area contributed by atoms with E-state index in [0.717, 1.165) is 25.7 Å². The van der Waals surface area contributed by atoms with Crippen molar-refractivity contribution >= 4 is 29.9 Å². The smallest absolute Gasteiger partial charge is 0.387 e. The Morgan fingerprint density at radius 1 is 1.29 bits per heavy atom. The van der Waals surface area contributed by atoms with Crippen molar-refractivity contribution in [3.63, 3.8) is 0 Å². The second-order valence-corrected chi connectivity index (χ2v) is 6.40. The summed E-state index contributed by atoms with van der Waals surface area (Å²) in [7, 11) is 1.67. The standard InChI is InChI=1S/C18H26F2N4O3.HI/c1-3-24(13-4-5-13)7-6-22-18(21-2)23-10-12-8-15-16(26-11-25-15)9-14(12)27-17(19)20;/h8-9,13,17H,3-7,10-11H2,1-2H3,(H2,21,22,23);1H. The monoisotopic (exact) mass is 512 g/mol. The van der Waals surface area contributed by atoms with Gasteiger partial charge in [0.25, 0.3) is 0 Å². The van der Waals surface area contributed by atoms with E-state index in [4.69, 9.17) is 9.47 Å². The van der Waals surface area contributed by atoms with Gasteiger partial charge in [-0.2, -0.15) is 8.78 Å². The molecular formula is C18H27F2IN4O3. The highest BCUT2D eigenvalue weighted by atomic mass is 127. The van der Waals surface area contributed by atoms with Gasteiger partial charge in [0.05, 0.1) is 0 Å². The quantitative estimate of drug-likeness (QED) is 0.302. The normalized spacial score (nSPS) is 15.6. The molecule has 2 N–H and O–H groups in total. The number of benzene rings is 1. The molecule has 1 fully saturated rings. The maximum Gasteiger partial charge on any atom is 0.387 e. The molecule has 0 spiro atoms. The Morgan fingerprint density at radius 3 is 2.61 bits per heavy atom. The molecule has 0 unspecified atom stereocenters. The Kier molecular flexibility index (Phi) is 8.80. The van der Waals surface area contributed by atoms with Crippen molar-refractivity contribution < 1.29 is 23.0 Å². The summed E-state index contributed by atoms with van der Waals surface area (Å²) in [4.78, 5) is 6.62. The number of nitrogens with one attached hydrogen (secondary N) is 2. The fourth-order valence-electron chi connectivity index (χ4n) is 3.07. The number of ether oxygens (including phenoxy) is 3. The van der Waals surface area contributed by atoms with Crippen LogP contribution in [-0.4, -0.2) is 57.0 Å². The Hall–Kier alpha value is -1.56. The molecule has 0 aromatic heterocycles. The highest BCUT2D eigenvalue weighted by Gasteiger charge is 2.27. The Balaban J connectivity index is 0.00000280. The van der Waals surface area contributed by atoms with Gasteiger partial charge < -0.3 is 24.8 Å². The van der Waals surface area contributed by atoms with E-state index in [1.807, 2.05) is 0 Å². The van der Waals surface area contributed by atoms with E-state index in [1.165, 1.54) is 18.9 Å². The van der Waals surface area contributed by atoms with E-state index in [9.17, 15) is 8.78 Å². The van der Waals surface area contributed by atoms with Crippen molar-refractivity contribution in [1.29, 1.82) is 0 Å². The Labute approximate surface area is 180 Å². The van der Waals surface area contributed by atoms with E-state index < -0.39 is 6.61 Å². The third-order valence-electron chi connectivity index (χ3n) is 4.60. The van der Waals surface area contributed by atoms with Gasteiger partial charge >= 0.3 is 6.61 Å². The lowest BCUT2D eigenvalue weighted by Gasteiger charge is -2.21. The number of alkyl halides is 2. The van der Waals surface area contributed by atoms with Crippen LogP contribution in [0.15, 0.2) is 17.1 Å². The molecule has 1 aromatic carbocycles. The van der Waals surface area contributed by atoms with Crippen LogP contribution in [0.2, 0.25) is 0 Å². The summed E-state index contributed by atoms with van der Waals surface area (Å²) in [6.45, 7) is 2.30. The van der Waals surface area contributed by atoms with E-state index >= 15 is 0 Å². The van der Waals surface area contributed by atoms with Crippen LogP contribution in [0.4, 0.5) is 8.78 Å². The molecule has 1 heterocycles. The molecule has 0 bridgehead atoms. The number of rotatable bonds is 9. The number of aliphatic imine (C=N–C) groups is 1. The number of hydrogen-bond acceptors (Lipinski definition) is 5. The van der Waals surface area contributed by atoms with Crippen molar-refractivity contribution in [2.75, 3.05) is 33.5 Å². The molecule has 0 atom stereocenters. The molecule has 28 heavy (non-hydrogen) atoms. The van der Waals surface area contributed by atoms with Crippen LogP contribution in [-0.2, 0) is 6.54 Å². The zero-order valence-corrected chi connectivity index (χ0v) is 18.4. The van der Waals surface area contributed by atoms with Gasteiger partial charge in [0.1, 0.15) is 5.75 Å².